The number of carbonyl (C=O) groups is 2. The SMILES string of the molecule is C[C@@H]1C[C@H]2C(=O)C=C3C(CC[C@]4(C)[C@@H](C(C)(C)[C@H](C)CC5(C)CC(=O)OC5(C)C)CC[C@@]34C)[C@@]2(C)C[C@@H]1C. The summed E-state index contributed by atoms with van der Waals surface area (Å²) in [5.74, 6) is 3.54. The number of ketones is 1. The molecular formula is C35H56O3. The van der Waals surface area contributed by atoms with Crippen LogP contribution in [0.15, 0.2) is 11.6 Å². The monoisotopic (exact) mass is 524 g/mol. The fraction of sp³-hybridized carbons (Fsp3) is 0.886. The van der Waals surface area contributed by atoms with Crippen LogP contribution in [0.1, 0.15) is 128 Å². The molecule has 3 nitrogen and oxygen atoms in total. The number of fused-ring (bicyclic) bond motifs is 5. The van der Waals surface area contributed by atoms with E-state index in [0.717, 1.165) is 12.8 Å². The van der Waals surface area contributed by atoms with E-state index in [0.29, 0.717) is 41.8 Å². The van der Waals surface area contributed by atoms with Crippen LogP contribution in [0.3, 0.4) is 0 Å². The molecule has 1 saturated heterocycles. The van der Waals surface area contributed by atoms with Crippen molar-refractivity contribution in [3.05, 3.63) is 11.6 Å². The highest BCUT2D eigenvalue weighted by molar-refractivity contribution is 5.94. The lowest BCUT2D eigenvalue weighted by Gasteiger charge is -2.62. The Balaban J connectivity index is 1.46. The molecule has 0 aromatic heterocycles. The molecule has 3 saturated carbocycles. The van der Waals surface area contributed by atoms with Crippen molar-refractivity contribution in [1.29, 1.82) is 0 Å². The lowest BCUT2D eigenvalue weighted by molar-refractivity contribution is -0.148. The Morgan fingerprint density at radius 3 is 2.24 bits per heavy atom. The summed E-state index contributed by atoms with van der Waals surface area (Å²) >= 11 is 0. The fourth-order valence-corrected chi connectivity index (χ4v) is 11.0. The van der Waals surface area contributed by atoms with E-state index in [-0.39, 0.29) is 39.0 Å². The van der Waals surface area contributed by atoms with E-state index in [2.05, 4.69) is 82.2 Å². The minimum Gasteiger partial charge on any atom is -0.459 e. The summed E-state index contributed by atoms with van der Waals surface area (Å²) in [6.45, 7) is 26.3. The topological polar surface area (TPSA) is 43.4 Å². The Kier molecular flexibility index (Phi) is 6.32. The number of esters is 1. The molecule has 0 radical (unpaired) electrons. The standard InChI is InChI=1S/C35H56O3/c1-21-16-26-27(36)17-25-24(33(26,9)18-22(21)2)12-14-35(11)28(13-15-34(25,35)10)30(4,5)23(3)19-32(8)20-29(37)38-31(32,6)7/h17,21-24,26,28H,12-16,18-20H2,1-11H3/t21-,22+,23-,24?,26+,28-,32?,33-,34+,35-/m1/s1. The number of rotatable bonds is 4. The van der Waals surface area contributed by atoms with Crippen molar-refractivity contribution in [3.63, 3.8) is 0 Å². The Morgan fingerprint density at radius 2 is 1.63 bits per heavy atom. The van der Waals surface area contributed by atoms with Gasteiger partial charge in [-0.2, -0.15) is 0 Å². The number of cyclic esters (lactones) is 1. The zero-order valence-corrected chi connectivity index (χ0v) is 26.4. The predicted molar refractivity (Wildman–Crippen MR) is 154 cm³/mol. The van der Waals surface area contributed by atoms with E-state index in [1.165, 1.54) is 37.7 Å². The van der Waals surface area contributed by atoms with Gasteiger partial charge in [0.25, 0.3) is 0 Å². The molecular weight excluding hydrogens is 468 g/mol. The van der Waals surface area contributed by atoms with Crippen LogP contribution >= 0.6 is 0 Å². The van der Waals surface area contributed by atoms with E-state index >= 15 is 0 Å². The van der Waals surface area contributed by atoms with Crippen molar-refractivity contribution < 1.29 is 14.3 Å². The number of ether oxygens (including phenoxy) is 1. The maximum Gasteiger partial charge on any atom is 0.307 e. The molecule has 1 heterocycles. The lowest BCUT2D eigenvalue weighted by atomic mass is 9.41. The van der Waals surface area contributed by atoms with Crippen molar-refractivity contribution in [3.8, 4) is 0 Å². The van der Waals surface area contributed by atoms with Gasteiger partial charge in [0.1, 0.15) is 5.60 Å². The van der Waals surface area contributed by atoms with Crippen LogP contribution in [-0.4, -0.2) is 17.4 Å². The van der Waals surface area contributed by atoms with Crippen LogP contribution in [0, 0.1) is 62.6 Å². The summed E-state index contributed by atoms with van der Waals surface area (Å²) in [4.78, 5) is 26.1. The molecule has 0 spiro atoms. The van der Waals surface area contributed by atoms with Crippen LogP contribution in [0.25, 0.3) is 0 Å². The first-order chi connectivity index (χ1) is 17.3. The molecule has 0 amide bonds. The van der Waals surface area contributed by atoms with Crippen LogP contribution in [0.5, 0.6) is 0 Å². The lowest BCUT2D eigenvalue weighted by Crippen LogP contribution is -2.56. The van der Waals surface area contributed by atoms with E-state index in [1.807, 2.05) is 0 Å². The molecule has 0 bridgehead atoms. The average molecular weight is 525 g/mol. The van der Waals surface area contributed by atoms with Crippen molar-refractivity contribution in [2.24, 2.45) is 62.6 Å². The predicted octanol–water partition coefficient (Wildman–Crippen LogP) is 8.80. The van der Waals surface area contributed by atoms with Crippen LogP contribution in [0.2, 0.25) is 0 Å². The van der Waals surface area contributed by atoms with Gasteiger partial charge in [0.15, 0.2) is 5.78 Å². The molecule has 38 heavy (non-hydrogen) atoms. The molecule has 0 N–H and O–H groups in total. The molecule has 5 rings (SSSR count). The summed E-state index contributed by atoms with van der Waals surface area (Å²) in [6, 6.07) is 0. The van der Waals surface area contributed by atoms with Crippen molar-refractivity contribution in [2.75, 3.05) is 0 Å². The molecule has 1 aliphatic heterocycles. The minimum atomic E-state index is -0.422. The van der Waals surface area contributed by atoms with Gasteiger partial charge < -0.3 is 4.74 Å². The maximum absolute atomic E-state index is 13.8. The van der Waals surface area contributed by atoms with Gasteiger partial charge in [-0.3, -0.25) is 9.59 Å². The van der Waals surface area contributed by atoms with Crippen molar-refractivity contribution >= 4 is 11.8 Å². The molecule has 10 atom stereocenters. The van der Waals surface area contributed by atoms with Gasteiger partial charge >= 0.3 is 5.97 Å². The van der Waals surface area contributed by atoms with Gasteiger partial charge in [-0.1, -0.05) is 67.9 Å². The van der Waals surface area contributed by atoms with Gasteiger partial charge in [-0.15, -0.1) is 0 Å². The first kappa shape index (κ1) is 28.4. The van der Waals surface area contributed by atoms with Crippen molar-refractivity contribution in [1.82, 2.24) is 0 Å². The summed E-state index contributed by atoms with van der Waals surface area (Å²) in [5, 5.41) is 0. The van der Waals surface area contributed by atoms with E-state index in [9.17, 15) is 9.59 Å². The number of hydrogen-bond acceptors (Lipinski definition) is 3. The smallest absolute Gasteiger partial charge is 0.307 e. The first-order valence-corrected chi connectivity index (χ1v) is 15.8. The third-order valence-electron chi connectivity index (χ3n) is 14.8. The molecule has 214 valence electrons. The summed E-state index contributed by atoms with van der Waals surface area (Å²) < 4.78 is 5.78. The highest BCUT2D eigenvalue weighted by Gasteiger charge is 2.67. The maximum atomic E-state index is 13.8. The summed E-state index contributed by atoms with van der Waals surface area (Å²) in [6.07, 6.45) is 10.9. The van der Waals surface area contributed by atoms with Gasteiger partial charge in [0.2, 0.25) is 0 Å². The zero-order chi connectivity index (χ0) is 28.3. The molecule has 0 aromatic carbocycles. The quantitative estimate of drug-likeness (QED) is 0.345. The summed E-state index contributed by atoms with van der Waals surface area (Å²) in [7, 11) is 0. The minimum absolute atomic E-state index is 0.0478. The third kappa shape index (κ3) is 3.64. The molecule has 3 heteroatoms. The number of hydrogen-bond donors (Lipinski definition) is 0. The summed E-state index contributed by atoms with van der Waals surface area (Å²) in [5.41, 5.74) is 1.47. The molecule has 4 aliphatic carbocycles. The van der Waals surface area contributed by atoms with Gasteiger partial charge in [0, 0.05) is 11.3 Å². The van der Waals surface area contributed by atoms with E-state index in [1.54, 1.807) is 0 Å². The number of allylic oxidation sites excluding steroid dienone is 2. The second kappa shape index (κ2) is 8.45. The van der Waals surface area contributed by atoms with Gasteiger partial charge in [0.05, 0.1) is 6.42 Å². The van der Waals surface area contributed by atoms with Gasteiger partial charge in [-0.05, 0) is 116 Å². The van der Waals surface area contributed by atoms with E-state index < -0.39 is 5.60 Å². The second-order valence-electron chi connectivity index (χ2n) is 17.0. The Labute approximate surface area is 233 Å². The Bertz CT molecular complexity index is 1050. The first-order valence-electron chi connectivity index (χ1n) is 15.8. The molecule has 0 aromatic rings. The van der Waals surface area contributed by atoms with Crippen LogP contribution in [-0.2, 0) is 14.3 Å². The highest BCUT2D eigenvalue weighted by atomic mass is 16.6. The zero-order valence-electron chi connectivity index (χ0n) is 26.4. The van der Waals surface area contributed by atoms with Gasteiger partial charge in [-0.25, -0.2) is 0 Å². The van der Waals surface area contributed by atoms with Crippen LogP contribution in [0.4, 0.5) is 0 Å². The normalized spacial score (nSPS) is 49.0. The fourth-order valence-electron chi connectivity index (χ4n) is 11.0. The molecule has 4 fully saturated rings. The van der Waals surface area contributed by atoms with Crippen molar-refractivity contribution in [2.45, 2.75) is 133 Å². The highest BCUT2D eigenvalue weighted by Crippen LogP contribution is 2.74. The average Bonchev–Trinajstić information content (AvgIpc) is 3.18. The number of carbonyl (C=O) groups excluding carboxylic acids is 2. The Morgan fingerprint density at radius 1 is 0.974 bits per heavy atom. The Hall–Kier alpha value is -1.12. The largest absolute Gasteiger partial charge is 0.459 e. The molecule has 2 unspecified atom stereocenters. The molecule has 5 aliphatic rings. The third-order valence-corrected chi connectivity index (χ3v) is 14.8. The van der Waals surface area contributed by atoms with E-state index in [4.69, 9.17) is 4.74 Å². The van der Waals surface area contributed by atoms with Crippen LogP contribution < -0.4 is 0 Å². The second-order valence-corrected chi connectivity index (χ2v) is 17.0.